The standard InChI is InChI=1S/C32H32N4O2.C2HF3O2/c1-32(38-2)20-36(21-32)19-23-10-8-22(9-11-23)13-15-29-26-14-12-24(17-30(26)35-34-29)16-27-28(18-33-31(27)37)25-6-4-3-5-7-25;3-2(4,5)1(6)7/h3-17,28H,18-21H2,1-2H3,(H,33,37)(H,34,35);(H,6,7)/b15-13+,27-16?;. The van der Waals surface area contributed by atoms with E-state index in [1.54, 1.807) is 7.11 Å². The van der Waals surface area contributed by atoms with Gasteiger partial charge in [-0.15, -0.1) is 0 Å². The van der Waals surface area contributed by atoms with Crippen LogP contribution >= 0.6 is 0 Å². The van der Waals surface area contributed by atoms with Crippen molar-refractivity contribution in [3.8, 4) is 0 Å². The molecule has 1 aromatic heterocycles. The number of methoxy groups -OCH3 is 1. The minimum Gasteiger partial charge on any atom is -0.475 e. The highest BCUT2D eigenvalue weighted by Crippen LogP contribution is 2.31. The van der Waals surface area contributed by atoms with Crippen molar-refractivity contribution in [1.29, 1.82) is 0 Å². The number of aliphatic carboxylic acids is 1. The number of hydrogen-bond donors (Lipinski definition) is 3. The van der Waals surface area contributed by atoms with Crippen LogP contribution < -0.4 is 5.32 Å². The Balaban J connectivity index is 0.000000515. The second-order valence-corrected chi connectivity index (χ2v) is 11.4. The molecule has 0 spiro atoms. The fraction of sp³-hybridized carbons (Fsp3) is 0.265. The Hall–Kier alpha value is -4.74. The van der Waals surface area contributed by atoms with E-state index in [2.05, 4.69) is 88.0 Å². The van der Waals surface area contributed by atoms with E-state index in [0.29, 0.717) is 6.54 Å². The van der Waals surface area contributed by atoms with E-state index in [9.17, 15) is 18.0 Å². The molecule has 45 heavy (non-hydrogen) atoms. The number of aromatic nitrogens is 2. The molecule has 4 aromatic rings. The summed E-state index contributed by atoms with van der Waals surface area (Å²) in [6.07, 6.45) is 1.04. The molecule has 8 nitrogen and oxygen atoms in total. The van der Waals surface area contributed by atoms with Gasteiger partial charge in [0.25, 0.3) is 0 Å². The average molecular weight is 619 g/mol. The van der Waals surface area contributed by atoms with Crippen LogP contribution in [-0.4, -0.2) is 70.6 Å². The van der Waals surface area contributed by atoms with Crippen LogP contribution in [0.2, 0.25) is 0 Å². The topological polar surface area (TPSA) is 108 Å². The van der Waals surface area contributed by atoms with E-state index in [4.69, 9.17) is 14.6 Å². The molecule has 2 aliphatic heterocycles. The third-order valence-corrected chi connectivity index (χ3v) is 7.92. The van der Waals surface area contributed by atoms with Crippen LogP contribution in [0.5, 0.6) is 0 Å². The van der Waals surface area contributed by atoms with Crippen LogP contribution in [0.3, 0.4) is 0 Å². The number of halogens is 3. The van der Waals surface area contributed by atoms with Crippen LogP contribution in [0.25, 0.3) is 29.1 Å². The molecule has 6 rings (SSSR count). The van der Waals surface area contributed by atoms with Gasteiger partial charge in [0, 0.05) is 50.2 Å². The normalized spacial score (nSPS) is 18.9. The van der Waals surface area contributed by atoms with Gasteiger partial charge in [-0.2, -0.15) is 18.3 Å². The number of ether oxygens (including phenoxy) is 1. The quantitative estimate of drug-likeness (QED) is 0.223. The van der Waals surface area contributed by atoms with Gasteiger partial charge in [0.15, 0.2) is 0 Å². The first-order valence-electron chi connectivity index (χ1n) is 14.3. The van der Waals surface area contributed by atoms with Gasteiger partial charge >= 0.3 is 12.1 Å². The summed E-state index contributed by atoms with van der Waals surface area (Å²) in [5.74, 6) is -2.70. The number of carboxylic acid groups (broad SMARTS) is 1. The lowest BCUT2D eigenvalue weighted by Gasteiger charge is -2.47. The minimum absolute atomic E-state index is 0.00235. The molecule has 1 atom stereocenters. The van der Waals surface area contributed by atoms with Crippen LogP contribution in [-0.2, 0) is 20.9 Å². The van der Waals surface area contributed by atoms with E-state index in [1.165, 1.54) is 5.56 Å². The summed E-state index contributed by atoms with van der Waals surface area (Å²) in [4.78, 5) is 23.9. The van der Waals surface area contributed by atoms with Gasteiger partial charge in [-0.3, -0.25) is 14.8 Å². The average Bonchev–Trinajstić information content (AvgIpc) is 3.58. The van der Waals surface area contributed by atoms with E-state index in [-0.39, 0.29) is 17.4 Å². The largest absolute Gasteiger partial charge is 0.490 e. The smallest absolute Gasteiger partial charge is 0.475 e. The molecular weight excluding hydrogens is 585 g/mol. The monoisotopic (exact) mass is 618 g/mol. The number of rotatable bonds is 7. The number of fused-ring (bicyclic) bond motifs is 1. The molecule has 0 radical (unpaired) electrons. The number of carbonyl (C=O) groups is 2. The first kappa shape index (κ1) is 31.7. The first-order chi connectivity index (χ1) is 21.4. The molecule has 3 heterocycles. The van der Waals surface area contributed by atoms with Crippen LogP contribution in [0.1, 0.15) is 40.8 Å². The van der Waals surface area contributed by atoms with E-state index in [0.717, 1.165) is 58.5 Å². The predicted molar refractivity (Wildman–Crippen MR) is 166 cm³/mol. The van der Waals surface area contributed by atoms with E-state index < -0.39 is 12.1 Å². The number of likely N-dealkylation sites (tertiary alicyclic amines) is 1. The van der Waals surface area contributed by atoms with Crippen molar-refractivity contribution >= 4 is 41.0 Å². The summed E-state index contributed by atoms with van der Waals surface area (Å²) in [7, 11) is 1.79. The predicted octanol–water partition coefficient (Wildman–Crippen LogP) is 5.88. The van der Waals surface area contributed by atoms with Gasteiger partial charge in [0.1, 0.15) is 0 Å². The second kappa shape index (κ2) is 13.1. The molecule has 2 fully saturated rings. The summed E-state index contributed by atoms with van der Waals surface area (Å²) in [6.45, 7) is 5.67. The number of nitrogens with zero attached hydrogens (tertiary/aromatic N) is 2. The van der Waals surface area contributed by atoms with Crippen molar-refractivity contribution in [2.24, 2.45) is 0 Å². The van der Waals surface area contributed by atoms with Crippen molar-refractivity contribution in [3.63, 3.8) is 0 Å². The molecular formula is C34H33F3N4O4. The van der Waals surface area contributed by atoms with Crippen LogP contribution in [0.15, 0.2) is 78.4 Å². The lowest BCUT2D eigenvalue weighted by molar-refractivity contribution is -0.192. The Bertz CT molecular complexity index is 1720. The molecule has 3 N–H and O–H groups in total. The van der Waals surface area contributed by atoms with Gasteiger partial charge in [-0.25, -0.2) is 4.79 Å². The molecule has 0 aliphatic carbocycles. The molecule has 2 aliphatic rings. The molecule has 2 saturated heterocycles. The van der Waals surface area contributed by atoms with Crippen LogP contribution in [0, 0.1) is 0 Å². The Labute approximate surface area is 258 Å². The number of carbonyl (C=O) groups excluding carboxylic acids is 1. The first-order valence-corrected chi connectivity index (χ1v) is 14.3. The third kappa shape index (κ3) is 7.68. The SMILES string of the molecule is COC1(C)CN(Cc2ccc(/C=C/c3n[nH]c4cc(C=C5C(=O)NCC5c5ccccc5)ccc34)cc2)C1.O=C(O)C(F)(F)F. The highest BCUT2D eigenvalue weighted by Gasteiger charge is 2.39. The summed E-state index contributed by atoms with van der Waals surface area (Å²) in [5, 5.41) is 18.8. The van der Waals surface area contributed by atoms with Gasteiger partial charge in [0.05, 0.1) is 16.8 Å². The van der Waals surface area contributed by atoms with Gasteiger partial charge in [-0.1, -0.05) is 66.7 Å². The fourth-order valence-electron chi connectivity index (χ4n) is 5.48. The Morgan fingerprint density at radius 3 is 2.38 bits per heavy atom. The Morgan fingerprint density at radius 1 is 1.07 bits per heavy atom. The Morgan fingerprint density at radius 2 is 1.73 bits per heavy atom. The maximum Gasteiger partial charge on any atom is 0.490 e. The van der Waals surface area contributed by atoms with Crippen molar-refractivity contribution < 1.29 is 32.6 Å². The zero-order valence-corrected chi connectivity index (χ0v) is 24.8. The lowest BCUT2D eigenvalue weighted by Crippen LogP contribution is -2.60. The lowest BCUT2D eigenvalue weighted by atomic mass is 9.92. The maximum atomic E-state index is 12.6. The molecule has 11 heteroatoms. The third-order valence-electron chi connectivity index (χ3n) is 7.92. The van der Waals surface area contributed by atoms with Crippen molar-refractivity contribution in [3.05, 3.63) is 106 Å². The molecule has 3 aromatic carbocycles. The van der Waals surface area contributed by atoms with E-state index in [1.807, 2.05) is 30.4 Å². The second-order valence-electron chi connectivity index (χ2n) is 11.4. The highest BCUT2D eigenvalue weighted by molar-refractivity contribution is 6.02. The van der Waals surface area contributed by atoms with Crippen molar-refractivity contribution in [2.75, 3.05) is 26.7 Å². The van der Waals surface area contributed by atoms with Gasteiger partial charge in [-0.05, 0) is 53.5 Å². The zero-order valence-electron chi connectivity index (χ0n) is 24.8. The van der Waals surface area contributed by atoms with Crippen molar-refractivity contribution in [1.82, 2.24) is 20.4 Å². The maximum absolute atomic E-state index is 12.6. The molecule has 1 amide bonds. The number of carboxylic acids is 1. The number of H-pyrrole nitrogens is 1. The van der Waals surface area contributed by atoms with E-state index >= 15 is 0 Å². The zero-order chi connectivity index (χ0) is 32.2. The number of amides is 1. The summed E-state index contributed by atoms with van der Waals surface area (Å²) in [5.41, 5.74) is 7.20. The van der Waals surface area contributed by atoms with Gasteiger partial charge < -0.3 is 15.2 Å². The minimum atomic E-state index is -5.08. The summed E-state index contributed by atoms with van der Waals surface area (Å²) in [6, 6.07) is 25.0. The summed E-state index contributed by atoms with van der Waals surface area (Å²) < 4.78 is 37.3. The highest BCUT2D eigenvalue weighted by atomic mass is 19.4. The van der Waals surface area contributed by atoms with Gasteiger partial charge in [0.2, 0.25) is 5.91 Å². The molecule has 234 valence electrons. The number of alkyl halides is 3. The number of benzene rings is 3. The molecule has 0 bridgehead atoms. The van der Waals surface area contributed by atoms with Crippen molar-refractivity contribution in [2.45, 2.75) is 31.2 Å². The number of aromatic amines is 1. The number of nitrogens with one attached hydrogen (secondary N) is 2. The Kier molecular flexibility index (Phi) is 9.21. The summed E-state index contributed by atoms with van der Waals surface area (Å²) >= 11 is 0. The fourth-order valence-corrected chi connectivity index (χ4v) is 5.48. The molecule has 0 saturated carbocycles. The number of hydrogen-bond acceptors (Lipinski definition) is 5. The molecule has 1 unspecified atom stereocenters. The van der Waals surface area contributed by atoms with Crippen LogP contribution in [0.4, 0.5) is 13.2 Å².